The number of rotatable bonds is 16. The molecule has 1 fully saturated rings. The quantitative estimate of drug-likeness (QED) is 0.244. The highest BCUT2D eigenvalue weighted by molar-refractivity contribution is 7.13. The molecule has 3 rings (SSSR count). The fraction of sp³-hybridized carbons (Fsp3) is 0.613. The predicted molar refractivity (Wildman–Crippen MR) is 164 cm³/mol. The number of benzene rings is 1. The van der Waals surface area contributed by atoms with Gasteiger partial charge < -0.3 is 34.9 Å². The van der Waals surface area contributed by atoms with E-state index in [4.69, 9.17) is 14.2 Å². The van der Waals surface area contributed by atoms with Gasteiger partial charge in [0.1, 0.15) is 18.7 Å². The van der Waals surface area contributed by atoms with Crippen LogP contribution in [0.25, 0.3) is 10.4 Å². The van der Waals surface area contributed by atoms with E-state index in [0.717, 1.165) is 28.1 Å². The largest absolute Gasteiger partial charge is 0.391 e. The first-order chi connectivity index (χ1) is 20.5. The lowest BCUT2D eigenvalue weighted by atomic mass is 9.85. The van der Waals surface area contributed by atoms with Crippen LogP contribution in [-0.2, 0) is 35.1 Å². The Labute approximate surface area is 258 Å². The van der Waals surface area contributed by atoms with E-state index < -0.39 is 35.4 Å². The van der Waals surface area contributed by atoms with Crippen LogP contribution in [0.4, 0.5) is 0 Å². The summed E-state index contributed by atoms with van der Waals surface area (Å²) in [6, 6.07) is 6.12. The number of likely N-dealkylation sites (tertiary alicyclic amines) is 1. The molecule has 2 heterocycles. The molecule has 0 radical (unpaired) electrons. The summed E-state index contributed by atoms with van der Waals surface area (Å²) in [6.45, 7) is 11.8. The van der Waals surface area contributed by atoms with E-state index in [-0.39, 0.29) is 38.6 Å². The number of carbonyl (C=O) groups is 3. The number of carbonyl (C=O) groups excluding carboxylic acids is 3. The van der Waals surface area contributed by atoms with Crippen LogP contribution in [0.3, 0.4) is 0 Å². The van der Waals surface area contributed by atoms with Crippen molar-refractivity contribution in [1.29, 1.82) is 0 Å². The summed E-state index contributed by atoms with van der Waals surface area (Å²) in [4.78, 5) is 46.4. The molecule has 2 aromatic rings. The van der Waals surface area contributed by atoms with Gasteiger partial charge in [-0.1, -0.05) is 52.0 Å². The number of hydrogen-bond acceptors (Lipinski definition) is 9. The molecule has 1 aliphatic rings. The van der Waals surface area contributed by atoms with Crippen LogP contribution in [0.15, 0.2) is 29.8 Å². The molecule has 1 aliphatic heterocycles. The Morgan fingerprint density at radius 1 is 1.07 bits per heavy atom. The maximum atomic E-state index is 13.7. The molecule has 0 bridgehead atoms. The summed E-state index contributed by atoms with van der Waals surface area (Å²) in [6.07, 6.45) is 0.235. The first-order valence-electron chi connectivity index (χ1n) is 14.8. The number of nitrogens with one attached hydrogen (secondary N) is 2. The maximum Gasteiger partial charge on any atom is 0.246 e. The van der Waals surface area contributed by atoms with Gasteiger partial charge in [0, 0.05) is 26.1 Å². The Morgan fingerprint density at radius 2 is 1.72 bits per heavy atom. The highest BCUT2D eigenvalue weighted by Gasteiger charge is 2.44. The number of ether oxygens (including phenoxy) is 3. The van der Waals surface area contributed by atoms with Crippen molar-refractivity contribution in [1.82, 2.24) is 20.5 Å². The van der Waals surface area contributed by atoms with E-state index in [2.05, 4.69) is 15.6 Å². The van der Waals surface area contributed by atoms with Gasteiger partial charge in [-0.3, -0.25) is 14.4 Å². The number of amides is 3. The summed E-state index contributed by atoms with van der Waals surface area (Å²) in [5, 5.41) is 16.1. The molecule has 0 aliphatic carbocycles. The number of β-amino-alcohol motifs (C(OH)–C–C–N with tert-alkyl or cyclic N) is 1. The van der Waals surface area contributed by atoms with Crippen molar-refractivity contribution < 1.29 is 33.7 Å². The SMILES string of the molecule is CCCOCCOCCOCC(=O)N[C@H](C(=O)N1C[C@H](O)C[C@H]1C(=O)NCc1ccc(-c2scnc2C)cc1)C(C)(C)C. The second-order valence-corrected chi connectivity index (χ2v) is 12.6. The third-order valence-electron chi connectivity index (χ3n) is 7.04. The molecule has 1 saturated heterocycles. The van der Waals surface area contributed by atoms with Crippen molar-refractivity contribution in [2.24, 2.45) is 5.41 Å². The first kappa shape index (κ1) is 34.6. The number of nitrogens with zero attached hydrogens (tertiary/aromatic N) is 2. The van der Waals surface area contributed by atoms with Gasteiger partial charge in [-0.2, -0.15) is 0 Å². The van der Waals surface area contributed by atoms with E-state index in [0.29, 0.717) is 26.4 Å². The van der Waals surface area contributed by atoms with E-state index in [1.807, 2.05) is 64.4 Å². The normalized spacial score (nSPS) is 17.6. The lowest BCUT2D eigenvalue weighted by Gasteiger charge is -2.35. The molecule has 3 amide bonds. The highest BCUT2D eigenvalue weighted by Crippen LogP contribution is 2.28. The predicted octanol–water partition coefficient (Wildman–Crippen LogP) is 2.69. The van der Waals surface area contributed by atoms with E-state index in [1.165, 1.54) is 4.90 Å². The van der Waals surface area contributed by atoms with Gasteiger partial charge in [-0.15, -0.1) is 11.3 Å². The van der Waals surface area contributed by atoms with Crippen LogP contribution in [0, 0.1) is 12.3 Å². The molecule has 11 nitrogen and oxygen atoms in total. The van der Waals surface area contributed by atoms with Crippen molar-refractivity contribution in [2.75, 3.05) is 46.2 Å². The van der Waals surface area contributed by atoms with Gasteiger partial charge in [0.05, 0.1) is 48.6 Å². The smallest absolute Gasteiger partial charge is 0.246 e. The zero-order chi connectivity index (χ0) is 31.4. The Bertz CT molecular complexity index is 1180. The molecular weight excluding hydrogens is 572 g/mol. The third kappa shape index (κ3) is 10.6. The first-order valence-corrected chi connectivity index (χ1v) is 15.7. The van der Waals surface area contributed by atoms with Crippen LogP contribution in [0.5, 0.6) is 0 Å². The Morgan fingerprint density at radius 3 is 2.33 bits per heavy atom. The Hall–Kier alpha value is -2.90. The highest BCUT2D eigenvalue weighted by atomic mass is 32.1. The average Bonchev–Trinajstić information content (AvgIpc) is 3.58. The minimum atomic E-state index is -0.918. The van der Waals surface area contributed by atoms with Crippen molar-refractivity contribution >= 4 is 29.1 Å². The van der Waals surface area contributed by atoms with Crippen molar-refractivity contribution in [2.45, 2.75) is 72.2 Å². The molecule has 3 N–H and O–H groups in total. The van der Waals surface area contributed by atoms with Crippen LogP contribution in [-0.4, -0.2) is 97.1 Å². The molecule has 1 aromatic heterocycles. The van der Waals surface area contributed by atoms with Gasteiger partial charge >= 0.3 is 0 Å². The summed E-state index contributed by atoms with van der Waals surface area (Å²) in [5.74, 6) is -1.22. The zero-order valence-corrected chi connectivity index (χ0v) is 26.7. The number of aliphatic hydroxyl groups excluding tert-OH is 1. The molecule has 12 heteroatoms. The minimum absolute atomic E-state index is 0.0120. The summed E-state index contributed by atoms with van der Waals surface area (Å²) < 4.78 is 16.2. The van der Waals surface area contributed by atoms with Crippen LogP contribution in [0.2, 0.25) is 0 Å². The molecule has 43 heavy (non-hydrogen) atoms. The summed E-state index contributed by atoms with van der Waals surface area (Å²) in [5.41, 5.74) is 4.11. The van der Waals surface area contributed by atoms with Gasteiger partial charge in [-0.25, -0.2) is 4.98 Å². The molecule has 0 unspecified atom stereocenters. The van der Waals surface area contributed by atoms with Crippen molar-refractivity contribution in [3.63, 3.8) is 0 Å². The molecule has 0 saturated carbocycles. The van der Waals surface area contributed by atoms with E-state index in [9.17, 15) is 19.5 Å². The second kappa shape index (κ2) is 16.8. The molecule has 3 atom stereocenters. The molecule has 238 valence electrons. The summed E-state index contributed by atoms with van der Waals surface area (Å²) in [7, 11) is 0. The lowest BCUT2D eigenvalue weighted by molar-refractivity contribution is -0.144. The molecule has 1 aromatic carbocycles. The average molecular weight is 619 g/mol. The lowest BCUT2D eigenvalue weighted by Crippen LogP contribution is -2.58. The topological polar surface area (TPSA) is 139 Å². The Kier molecular flexibility index (Phi) is 13.5. The van der Waals surface area contributed by atoms with Crippen LogP contribution < -0.4 is 10.6 Å². The van der Waals surface area contributed by atoms with Crippen LogP contribution in [0.1, 0.15) is 51.8 Å². The van der Waals surface area contributed by atoms with Crippen molar-refractivity contribution in [3.8, 4) is 10.4 Å². The van der Waals surface area contributed by atoms with Gasteiger partial charge in [0.25, 0.3) is 0 Å². The van der Waals surface area contributed by atoms with Gasteiger partial charge in [0.2, 0.25) is 17.7 Å². The van der Waals surface area contributed by atoms with Gasteiger partial charge in [-0.05, 0) is 29.9 Å². The molecular formula is C31H46N4O7S. The third-order valence-corrected chi connectivity index (χ3v) is 8.01. The standard InChI is InChI=1S/C31H46N4O7S/c1-6-11-40-12-13-41-14-15-42-19-26(37)34-28(31(3,4)5)30(39)35-18-24(36)16-25(35)29(38)32-17-22-7-9-23(10-8-22)27-21(2)33-20-43-27/h7-10,20,24-25,28,36H,6,11-19H2,1-5H3,(H,32,38)(H,34,37)/t24-,25+,28-/m1/s1. The number of aryl methyl sites for hydroxylation is 1. The van der Waals surface area contributed by atoms with E-state index in [1.54, 1.807) is 11.3 Å². The number of aromatic nitrogens is 1. The number of hydrogen-bond donors (Lipinski definition) is 3. The second-order valence-electron chi connectivity index (χ2n) is 11.7. The summed E-state index contributed by atoms with van der Waals surface area (Å²) >= 11 is 1.58. The fourth-order valence-corrected chi connectivity index (χ4v) is 5.54. The Balaban J connectivity index is 1.52. The van der Waals surface area contributed by atoms with Crippen LogP contribution >= 0.6 is 11.3 Å². The maximum absolute atomic E-state index is 13.7. The fourth-order valence-electron chi connectivity index (χ4n) is 4.73. The number of aliphatic hydroxyl groups is 1. The van der Waals surface area contributed by atoms with E-state index >= 15 is 0 Å². The minimum Gasteiger partial charge on any atom is -0.391 e. The zero-order valence-electron chi connectivity index (χ0n) is 25.9. The molecule has 0 spiro atoms. The van der Waals surface area contributed by atoms with Crippen molar-refractivity contribution in [3.05, 3.63) is 41.0 Å². The monoisotopic (exact) mass is 618 g/mol. The van der Waals surface area contributed by atoms with Gasteiger partial charge in [0.15, 0.2) is 0 Å². The number of thiazole rings is 1.